The molecule has 0 radical (unpaired) electrons. The van der Waals surface area contributed by atoms with Crippen LogP contribution in [0.2, 0.25) is 0 Å². The number of para-hydroxylation sites is 1. The Bertz CT molecular complexity index is 1280. The number of pyridine rings is 1. The van der Waals surface area contributed by atoms with Crippen LogP contribution in [0.15, 0.2) is 79.0 Å². The van der Waals surface area contributed by atoms with Gasteiger partial charge in [-0.3, -0.25) is 9.78 Å². The van der Waals surface area contributed by atoms with Gasteiger partial charge in [0.05, 0.1) is 11.3 Å². The van der Waals surface area contributed by atoms with Crippen LogP contribution in [0.1, 0.15) is 32.9 Å². The van der Waals surface area contributed by atoms with Crippen molar-refractivity contribution in [3.63, 3.8) is 0 Å². The summed E-state index contributed by atoms with van der Waals surface area (Å²) in [6.07, 6.45) is 6.59. The Labute approximate surface area is 186 Å². The van der Waals surface area contributed by atoms with E-state index in [2.05, 4.69) is 27.4 Å². The number of benzene rings is 2. The lowest BCUT2D eigenvalue weighted by Gasteiger charge is -2.10. The lowest BCUT2D eigenvalue weighted by atomic mass is 10.1. The zero-order valence-electron chi connectivity index (χ0n) is 17.5. The molecule has 5 rings (SSSR count). The van der Waals surface area contributed by atoms with Gasteiger partial charge in [-0.05, 0) is 42.0 Å². The van der Waals surface area contributed by atoms with Crippen molar-refractivity contribution in [2.45, 2.75) is 13.0 Å². The van der Waals surface area contributed by atoms with Crippen LogP contribution in [0.3, 0.4) is 0 Å². The Kier molecular flexibility index (Phi) is 5.54. The van der Waals surface area contributed by atoms with Crippen molar-refractivity contribution >= 4 is 18.1 Å². The first-order valence-corrected chi connectivity index (χ1v) is 10.7. The Morgan fingerprint density at radius 1 is 0.969 bits per heavy atom. The lowest BCUT2D eigenvalue weighted by molar-refractivity contribution is 0.0946. The summed E-state index contributed by atoms with van der Waals surface area (Å²) in [4.78, 5) is 19.9. The zero-order valence-corrected chi connectivity index (χ0v) is 17.5. The summed E-state index contributed by atoms with van der Waals surface area (Å²) >= 11 is 0. The van der Waals surface area contributed by atoms with Crippen molar-refractivity contribution in [3.8, 4) is 17.0 Å². The van der Waals surface area contributed by atoms with Crippen LogP contribution >= 0.6 is 0 Å². The lowest BCUT2D eigenvalue weighted by Crippen LogP contribution is -2.31. The van der Waals surface area contributed by atoms with Gasteiger partial charge in [0.15, 0.2) is 0 Å². The first-order chi connectivity index (χ1) is 15.8. The van der Waals surface area contributed by atoms with Gasteiger partial charge in [-0.25, -0.2) is 0 Å². The van der Waals surface area contributed by atoms with Crippen molar-refractivity contribution in [1.29, 1.82) is 0 Å². The van der Waals surface area contributed by atoms with E-state index in [4.69, 9.17) is 4.74 Å². The van der Waals surface area contributed by atoms with Crippen LogP contribution in [0.5, 0.6) is 5.75 Å². The molecular weight excluding hydrogens is 398 g/mol. The average Bonchev–Trinajstić information content (AvgIpc) is 3.29. The Morgan fingerprint density at radius 3 is 2.69 bits per heavy atom. The first kappa shape index (κ1) is 19.8. The number of nitrogens with one attached hydrogen (secondary N) is 2. The topological polar surface area (TPSA) is 67.0 Å². The number of carbonyl (C=O) groups is 1. The molecule has 0 saturated carbocycles. The number of H-pyrrole nitrogens is 1. The van der Waals surface area contributed by atoms with E-state index >= 15 is 0 Å². The van der Waals surface area contributed by atoms with E-state index < -0.39 is 0 Å². The molecule has 0 fully saturated rings. The van der Waals surface area contributed by atoms with E-state index in [1.54, 1.807) is 6.20 Å². The van der Waals surface area contributed by atoms with E-state index in [1.807, 2.05) is 72.8 Å². The maximum absolute atomic E-state index is 12.1. The molecule has 3 heterocycles. The molecule has 2 aromatic carbocycles. The number of amides is 1. The molecule has 0 unspecified atom stereocenters. The van der Waals surface area contributed by atoms with Crippen molar-refractivity contribution in [3.05, 3.63) is 107 Å². The molecule has 0 saturated heterocycles. The fraction of sp³-hybridized carbons (Fsp3) is 0.111. The van der Waals surface area contributed by atoms with Crippen LogP contribution in [-0.4, -0.2) is 22.4 Å². The highest BCUT2D eigenvalue weighted by molar-refractivity contribution is 5.97. The average molecular weight is 422 g/mol. The second-order valence-electron chi connectivity index (χ2n) is 7.70. The minimum absolute atomic E-state index is 0.0185. The molecule has 0 atom stereocenters. The summed E-state index contributed by atoms with van der Waals surface area (Å²) in [7, 11) is 0. The molecule has 0 bridgehead atoms. The number of nitrogens with zero attached hydrogens (tertiary/aromatic N) is 1. The van der Waals surface area contributed by atoms with Crippen molar-refractivity contribution in [2.24, 2.45) is 0 Å². The van der Waals surface area contributed by atoms with Gasteiger partial charge in [-0.2, -0.15) is 0 Å². The van der Waals surface area contributed by atoms with Crippen molar-refractivity contribution in [2.75, 3.05) is 6.54 Å². The van der Waals surface area contributed by atoms with E-state index in [1.165, 1.54) is 0 Å². The summed E-state index contributed by atoms with van der Waals surface area (Å²) in [6.45, 7) is 1.19. The second kappa shape index (κ2) is 8.94. The quantitative estimate of drug-likeness (QED) is 0.455. The van der Waals surface area contributed by atoms with Gasteiger partial charge in [0.25, 0.3) is 5.91 Å². The predicted octanol–water partition coefficient (Wildman–Crippen LogP) is 5.11. The molecule has 1 amide bonds. The monoisotopic (exact) mass is 421 g/mol. The number of aromatic amines is 1. The highest BCUT2D eigenvalue weighted by Gasteiger charge is 2.19. The number of hydrogen-bond donors (Lipinski definition) is 2. The molecule has 2 N–H and O–H groups in total. The van der Waals surface area contributed by atoms with Gasteiger partial charge in [-0.1, -0.05) is 48.5 Å². The van der Waals surface area contributed by atoms with Crippen molar-refractivity contribution < 1.29 is 9.53 Å². The summed E-state index contributed by atoms with van der Waals surface area (Å²) in [5.41, 5.74) is 6.58. The molecule has 1 aliphatic heterocycles. The van der Waals surface area contributed by atoms with Gasteiger partial charge >= 0.3 is 0 Å². The zero-order chi connectivity index (χ0) is 21.8. The van der Waals surface area contributed by atoms with Gasteiger partial charge in [-0.15, -0.1) is 0 Å². The summed E-state index contributed by atoms with van der Waals surface area (Å²) < 4.78 is 6.05. The van der Waals surface area contributed by atoms with E-state index in [-0.39, 0.29) is 5.91 Å². The molecule has 5 nitrogen and oxygen atoms in total. The predicted molar refractivity (Wildman–Crippen MR) is 126 cm³/mol. The van der Waals surface area contributed by atoms with E-state index in [0.717, 1.165) is 51.5 Å². The summed E-state index contributed by atoms with van der Waals surface area (Å²) in [5, 5.41) is 2.88. The van der Waals surface area contributed by atoms with Crippen molar-refractivity contribution in [1.82, 2.24) is 15.3 Å². The number of carbonyl (C=O) groups excluding carboxylic acids is 1. The van der Waals surface area contributed by atoms with Crippen LogP contribution < -0.4 is 10.1 Å². The molecule has 5 heteroatoms. The summed E-state index contributed by atoms with van der Waals surface area (Å²) in [6, 6.07) is 24.0. The molecule has 2 aromatic heterocycles. The Balaban J connectivity index is 1.35. The molecule has 0 spiro atoms. The summed E-state index contributed by atoms with van der Waals surface area (Å²) in [5.74, 6) is 0.807. The molecule has 1 aliphatic rings. The number of rotatable bonds is 6. The van der Waals surface area contributed by atoms with Crippen LogP contribution in [0.25, 0.3) is 23.4 Å². The SMILES string of the molecule is O=C1NCCc2[nH]c(-c3ccnc(/C=C/c4ccccc4OCc4ccccc4)c3)cc21. The van der Waals surface area contributed by atoms with E-state index in [9.17, 15) is 4.79 Å². The van der Waals surface area contributed by atoms with Gasteiger partial charge < -0.3 is 15.0 Å². The van der Waals surface area contributed by atoms with E-state index in [0.29, 0.717) is 13.2 Å². The molecule has 4 aromatic rings. The largest absolute Gasteiger partial charge is 0.488 e. The van der Waals surface area contributed by atoms with Crippen LogP contribution in [0, 0.1) is 0 Å². The molecule has 158 valence electrons. The second-order valence-corrected chi connectivity index (χ2v) is 7.70. The highest BCUT2D eigenvalue weighted by Crippen LogP contribution is 2.26. The standard InChI is InChI=1S/C27H23N3O2/c31-27-23-17-25(30-24(23)13-15-29-27)21-12-14-28-22(16-21)11-10-20-8-4-5-9-26(20)32-18-19-6-2-1-3-7-19/h1-12,14,16-17,30H,13,15,18H2,(H,29,31)/b11-10+. The number of aromatic nitrogens is 2. The smallest absolute Gasteiger partial charge is 0.253 e. The van der Waals surface area contributed by atoms with Gasteiger partial charge in [0.1, 0.15) is 12.4 Å². The maximum Gasteiger partial charge on any atom is 0.253 e. The third-order valence-corrected chi connectivity index (χ3v) is 5.49. The number of fused-ring (bicyclic) bond motifs is 1. The molecular formula is C27H23N3O2. The maximum atomic E-state index is 12.1. The minimum atomic E-state index is -0.0185. The van der Waals surface area contributed by atoms with Crippen LogP contribution in [0.4, 0.5) is 0 Å². The fourth-order valence-electron chi connectivity index (χ4n) is 3.82. The molecule has 32 heavy (non-hydrogen) atoms. The van der Waals surface area contributed by atoms with Gasteiger partial charge in [0.2, 0.25) is 0 Å². The number of ether oxygens (including phenoxy) is 1. The molecule has 0 aliphatic carbocycles. The normalized spacial score (nSPS) is 13.1. The van der Waals surface area contributed by atoms with Crippen LogP contribution in [-0.2, 0) is 13.0 Å². The first-order valence-electron chi connectivity index (χ1n) is 10.7. The Hall–Kier alpha value is -4.12. The Morgan fingerprint density at radius 2 is 1.81 bits per heavy atom. The van der Waals surface area contributed by atoms with Gasteiger partial charge in [0, 0.05) is 41.7 Å². The third-order valence-electron chi connectivity index (χ3n) is 5.49. The number of hydrogen-bond acceptors (Lipinski definition) is 3. The third kappa shape index (κ3) is 4.32. The fourth-order valence-corrected chi connectivity index (χ4v) is 3.82. The highest BCUT2D eigenvalue weighted by atomic mass is 16.5. The minimum Gasteiger partial charge on any atom is -0.488 e.